The highest BCUT2D eigenvalue weighted by Gasteiger charge is 2.21. The zero-order chi connectivity index (χ0) is 27.1. The zero-order valence-electron chi connectivity index (χ0n) is 21.2. The Morgan fingerprint density at radius 3 is 2.61 bits per heavy atom. The highest BCUT2D eigenvalue weighted by molar-refractivity contribution is 7.09. The Kier molecular flexibility index (Phi) is 8.49. The first-order valence-corrected chi connectivity index (χ1v) is 12.9. The van der Waals surface area contributed by atoms with Gasteiger partial charge in [0, 0.05) is 60.2 Å². The Morgan fingerprint density at radius 2 is 1.87 bits per heavy atom. The van der Waals surface area contributed by atoms with Gasteiger partial charge in [-0.15, -0.1) is 11.3 Å². The standard InChI is InChI=1S/C27H29N7O3S/c1-3-34(16-24-29-10-11-38-24)27(37)23-7-5-21(32-17-35)13-19(23)15-33(2)25(36)14-31-20-4-6-22-18(12-20)8-9-30-26(22)28/h4-13,17,31H,3,14-16H2,1-2H3,(H2,28,30)(H,32,35). The number of nitrogens with zero attached hydrogens (tertiary/aromatic N) is 4. The Hall–Kier alpha value is -4.51. The predicted molar refractivity (Wildman–Crippen MR) is 150 cm³/mol. The number of thiazole rings is 1. The Bertz CT molecular complexity index is 1440. The average molecular weight is 532 g/mol. The van der Waals surface area contributed by atoms with Gasteiger partial charge in [0.25, 0.3) is 5.91 Å². The van der Waals surface area contributed by atoms with Crippen LogP contribution in [0, 0.1) is 0 Å². The van der Waals surface area contributed by atoms with Gasteiger partial charge in [-0.3, -0.25) is 14.4 Å². The number of amides is 3. The van der Waals surface area contributed by atoms with E-state index >= 15 is 0 Å². The largest absolute Gasteiger partial charge is 0.383 e. The summed E-state index contributed by atoms with van der Waals surface area (Å²) in [5.74, 6) is 0.121. The summed E-state index contributed by atoms with van der Waals surface area (Å²) in [4.78, 5) is 49.1. The van der Waals surface area contributed by atoms with Gasteiger partial charge in [-0.05, 0) is 60.3 Å². The van der Waals surface area contributed by atoms with Crippen molar-refractivity contribution < 1.29 is 14.4 Å². The Morgan fingerprint density at radius 1 is 1.05 bits per heavy atom. The number of anilines is 3. The van der Waals surface area contributed by atoms with E-state index in [4.69, 9.17) is 5.73 Å². The summed E-state index contributed by atoms with van der Waals surface area (Å²) in [5, 5.41) is 10.2. The molecule has 0 aliphatic carbocycles. The minimum Gasteiger partial charge on any atom is -0.383 e. The normalized spacial score (nSPS) is 10.7. The number of fused-ring (bicyclic) bond motifs is 1. The van der Waals surface area contributed by atoms with E-state index in [0.29, 0.717) is 42.1 Å². The molecule has 0 spiro atoms. The van der Waals surface area contributed by atoms with Crippen LogP contribution in [0.3, 0.4) is 0 Å². The van der Waals surface area contributed by atoms with E-state index in [1.807, 2.05) is 36.6 Å². The smallest absolute Gasteiger partial charge is 0.254 e. The van der Waals surface area contributed by atoms with Gasteiger partial charge in [0.05, 0.1) is 13.1 Å². The van der Waals surface area contributed by atoms with Crippen LogP contribution in [0.15, 0.2) is 60.2 Å². The summed E-state index contributed by atoms with van der Waals surface area (Å²) in [6.45, 7) is 3.05. The van der Waals surface area contributed by atoms with Gasteiger partial charge in [0.2, 0.25) is 12.3 Å². The second-order valence-corrected chi connectivity index (χ2v) is 9.59. The molecule has 0 saturated heterocycles. The number of carbonyl (C=O) groups is 3. The lowest BCUT2D eigenvalue weighted by Gasteiger charge is -2.24. The molecule has 4 rings (SSSR count). The molecule has 2 aromatic carbocycles. The average Bonchev–Trinajstić information content (AvgIpc) is 3.44. The fraction of sp³-hybridized carbons (Fsp3) is 0.222. The molecule has 0 unspecified atom stereocenters. The van der Waals surface area contributed by atoms with Gasteiger partial charge in [-0.1, -0.05) is 0 Å². The summed E-state index contributed by atoms with van der Waals surface area (Å²) in [7, 11) is 1.68. The molecule has 0 aliphatic heterocycles. The maximum Gasteiger partial charge on any atom is 0.254 e. The minimum atomic E-state index is -0.167. The molecule has 2 aromatic heterocycles. The second-order valence-electron chi connectivity index (χ2n) is 8.61. The molecule has 2 heterocycles. The van der Waals surface area contributed by atoms with E-state index in [2.05, 4.69) is 20.6 Å². The van der Waals surface area contributed by atoms with Crippen LogP contribution in [0.25, 0.3) is 10.8 Å². The molecule has 0 aliphatic rings. The molecule has 0 radical (unpaired) electrons. The second kappa shape index (κ2) is 12.2. The van der Waals surface area contributed by atoms with E-state index < -0.39 is 0 Å². The lowest BCUT2D eigenvalue weighted by atomic mass is 10.0. The van der Waals surface area contributed by atoms with Crippen LogP contribution >= 0.6 is 11.3 Å². The molecular formula is C27H29N7O3S. The summed E-state index contributed by atoms with van der Waals surface area (Å²) in [6, 6.07) is 12.6. The van der Waals surface area contributed by atoms with Crippen molar-refractivity contribution in [1.29, 1.82) is 0 Å². The molecule has 0 atom stereocenters. The summed E-state index contributed by atoms with van der Waals surface area (Å²) >= 11 is 1.49. The van der Waals surface area contributed by atoms with Crippen molar-refractivity contribution in [2.45, 2.75) is 20.0 Å². The first-order chi connectivity index (χ1) is 18.4. The quantitative estimate of drug-likeness (QED) is 0.252. The number of nitrogen functional groups attached to an aromatic ring is 1. The van der Waals surface area contributed by atoms with Crippen LogP contribution in [0.4, 0.5) is 17.2 Å². The van der Waals surface area contributed by atoms with Gasteiger partial charge in [0.1, 0.15) is 10.8 Å². The molecule has 3 amide bonds. The Labute approximate surface area is 224 Å². The maximum absolute atomic E-state index is 13.5. The number of likely N-dealkylation sites (N-methyl/N-ethyl adjacent to an activating group) is 1. The fourth-order valence-electron chi connectivity index (χ4n) is 4.05. The first kappa shape index (κ1) is 26.6. The van der Waals surface area contributed by atoms with Crippen molar-refractivity contribution in [3.63, 3.8) is 0 Å². The van der Waals surface area contributed by atoms with E-state index in [0.717, 1.165) is 21.5 Å². The van der Waals surface area contributed by atoms with Crippen LogP contribution in [0.2, 0.25) is 0 Å². The lowest BCUT2D eigenvalue weighted by Crippen LogP contribution is -2.34. The van der Waals surface area contributed by atoms with Crippen LogP contribution < -0.4 is 16.4 Å². The van der Waals surface area contributed by atoms with Crippen molar-refractivity contribution in [2.75, 3.05) is 36.5 Å². The van der Waals surface area contributed by atoms with Crippen LogP contribution in [-0.2, 0) is 22.7 Å². The highest BCUT2D eigenvalue weighted by atomic mass is 32.1. The van der Waals surface area contributed by atoms with Gasteiger partial charge >= 0.3 is 0 Å². The number of pyridine rings is 1. The van der Waals surface area contributed by atoms with E-state index in [-0.39, 0.29) is 24.9 Å². The monoisotopic (exact) mass is 531 g/mol. The van der Waals surface area contributed by atoms with Gasteiger partial charge in [-0.25, -0.2) is 9.97 Å². The van der Waals surface area contributed by atoms with Crippen LogP contribution in [-0.4, -0.2) is 58.1 Å². The summed E-state index contributed by atoms with van der Waals surface area (Å²) in [5.41, 5.74) is 8.33. The topological polar surface area (TPSA) is 134 Å². The SMILES string of the molecule is CCN(Cc1nccs1)C(=O)c1ccc(NC=O)cc1CN(C)C(=O)CNc1ccc2c(N)nccc2c1. The van der Waals surface area contributed by atoms with Crippen molar-refractivity contribution in [1.82, 2.24) is 19.8 Å². The number of hydrogen-bond donors (Lipinski definition) is 3. The van der Waals surface area contributed by atoms with Crippen molar-refractivity contribution in [2.24, 2.45) is 0 Å². The summed E-state index contributed by atoms with van der Waals surface area (Å²) < 4.78 is 0. The third kappa shape index (κ3) is 6.24. The van der Waals surface area contributed by atoms with Crippen molar-refractivity contribution in [3.8, 4) is 0 Å². The van der Waals surface area contributed by atoms with Crippen molar-refractivity contribution in [3.05, 3.63) is 76.4 Å². The zero-order valence-corrected chi connectivity index (χ0v) is 22.0. The number of rotatable bonds is 11. The number of aromatic nitrogens is 2. The highest BCUT2D eigenvalue weighted by Crippen LogP contribution is 2.23. The number of benzene rings is 2. The van der Waals surface area contributed by atoms with E-state index in [1.165, 1.54) is 11.3 Å². The third-order valence-electron chi connectivity index (χ3n) is 6.11. The van der Waals surface area contributed by atoms with E-state index in [9.17, 15) is 14.4 Å². The van der Waals surface area contributed by atoms with Crippen molar-refractivity contribution >= 4 is 57.5 Å². The Balaban J connectivity index is 1.48. The molecule has 4 N–H and O–H groups in total. The van der Waals surface area contributed by atoms with E-state index in [1.54, 1.807) is 47.4 Å². The molecule has 11 heteroatoms. The molecule has 0 saturated carbocycles. The van der Waals surface area contributed by atoms with Crippen LogP contribution in [0.1, 0.15) is 27.9 Å². The lowest BCUT2D eigenvalue weighted by molar-refractivity contribution is -0.128. The maximum atomic E-state index is 13.5. The number of carbonyl (C=O) groups excluding carboxylic acids is 3. The molecule has 4 aromatic rings. The minimum absolute atomic E-state index is 0.0588. The number of nitrogens with one attached hydrogen (secondary N) is 2. The molecule has 38 heavy (non-hydrogen) atoms. The number of nitrogens with two attached hydrogens (primary N) is 1. The molecule has 196 valence electrons. The molecular weight excluding hydrogens is 502 g/mol. The van der Waals surface area contributed by atoms with Gasteiger partial charge < -0.3 is 26.2 Å². The molecule has 0 fully saturated rings. The van der Waals surface area contributed by atoms with Gasteiger partial charge in [0.15, 0.2) is 0 Å². The first-order valence-electron chi connectivity index (χ1n) is 12.0. The number of hydrogen-bond acceptors (Lipinski definition) is 8. The van der Waals surface area contributed by atoms with Gasteiger partial charge in [-0.2, -0.15) is 0 Å². The summed E-state index contributed by atoms with van der Waals surface area (Å²) in [6.07, 6.45) is 3.93. The van der Waals surface area contributed by atoms with Crippen LogP contribution in [0.5, 0.6) is 0 Å². The third-order valence-corrected chi connectivity index (χ3v) is 6.88. The fourth-order valence-corrected chi connectivity index (χ4v) is 4.68. The molecule has 10 nitrogen and oxygen atoms in total. The molecule has 0 bridgehead atoms. The predicted octanol–water partition coefficient (Wildman–Crippen LogP) is 3.57.